The van der Waals surface area contributed by atoms with E-state index in [4.69, 9.17) is 28.4 Å². The third kappa shape index (κ3) is 6.20. The van der Waals surface area contributed by atoms with E-state index in [1.165, 1.54) is 19.3 Å². The zero-order valence-corrected chi connectivity index (χ0v) is 19.6. The molecule has 0 spiro atoms. The highest BCUT2D eigenvalue weighted by Crippen LogP contribution is 2.40. The molecule has 0 bridgehead atoms. The van der Waals surface area contributed by atoms with Crippen LogP contribution in [0.5, 0.6) is 34.5 Å². The topological polar surface area (TPSA) is 72.5 Å². The molecule has 0 N–H and O–H groups in total. The molecule has 2 aromatic rings. The van der Waals surface area contributed by atoms with E-state index in [2.05, 4.69) is 0 Å². The molecule has 0 saturated heterocycles. The second kappa shape index (κ2) is 11.7. The lowest BCUT2D eigenvalue weighted by Crippen LogP contribution is -2.08. The van der Waals surface area contributed by atoms with Gasteiger partial charge in [-0.3, -0.25) is 4.79 Å². The van der Waals surface area contributed by atoms with Crippen molar-refractivity contribution in [2.75, 3.05) is 35.5 Å². The number of hydrogen-bond donors (Lipinski definition) is 0. The molecule has 7 heteroatoms. The number of ether oxygens (including phenoxy) is 6. The van der Waals surface area contributed by atoms with Crippen LogP contribution in [0, 0.1) is 0 Å². The normalized spacial score (nSPS) is 11.1. The molecule has 0 aliphatic rings. The zero-order chi connectivity index (χ0) is 23.7. The summed E-state index contributed by atoms with van der Waals surface area (Å²) < 4.78 is 32.6. The third-order valence-corrected chi connectivity index (χ3v) is 4.40. The first kappa shape index (κ1) is 24.7. The summed E-state index contributed by atoms with van der Waals surface area (Å²) in [5, 5.41) is 0. The van der Waals surface area contributed by atoms with E-state index < -0.39 is 0 Å². The molecule has 0 saturated carbocycles. The molecule has 2 aromatic carbocycles. The van der Waals surface area contributed by atoms with Crippen molar-refractivity contribution >= 4 is 17.9 Å². The average Bonchev–Trinajstić information content (AvgIpc) is 2.80. The van der Waals surface area contributed by atoms with Crippen LogP contribution in [0.25, 0.3) is 12.2 Å². The van der Waals surface area contributed by atoms with Gasteiger partial charge in [0.15, 0.2) is 28.8 Å². The number of ketones is 1. The Kier molecular flexibility index (Phi) is 9.01. The molecule has 0 unspecified atom stereocenters. The van der Waals surface area contributed by atoms with Crippen LogP contribution in [0.2, 0.25) is 0 Å². The smallest absolute Gasteiger partial charge is 0.203 e. The predicted octanol–water partition coefficient (Wildman–Crippen LogP) is 4.81. The molecule has 0 fully saturated rings. The van der Waals surface area contributed by atoms with Crippen molar-refractivity contribution in [2.45, 2.75) is 20.0 Å². The molecular weight excluding hydrogens is 412 g/mol. The zero-order valence-electron chi connectivity index (χ0n) is 19.6. The number of carbonyl (C=O) groups is 1. The van der Waals surface area contributed by atoms with Gasteiger partial charge in [-0.15, -0.1) is 0 Å². The first-order valence-corrected chi connectivity index (χ1v) is 9.99. The Hall–Kier alpha value is -3.61. The number of hydrogen-bond acceptors (Lipinski definition) is 7. The largest absolute Gasteiger partial charge is 0.493 e. The van der Waals surface area contributed by atoms with Gasteiger partial charge < -0.3 is 28.4 Å². The highest BCUT2D eigenvalue weighted by atomic mass is 16.5. The summed E-state index contributed by atoms with van der Waals surface area (Å²) in [6, 6.07) is 7.09. The van der Waals surface area contributed by atoms with Gasteiger partial charge in [-0.25, -0.2) is 0 Å². The van der Waals surface area contributed by atoms with Gasteiger partial charge in [0.05, 0.1) is 41.7 Å². The van der Waals surface area contributed by atoms with Gasteiger partial charge in [0, 0.05) is 0 Å². The maximum absolute atomic E-state index is 12.4. The van der Waals surface area contributed by atoms with Crippen LogP contribution in [-0.2, 0) is 4.79 Å². The first-order chi connectivity index (χ1) is 15.4. The van der Waals surface area contributed by atoms with E-state index in [1.807, 2.05) is 13.8 Å². The van der Waals surface area contributed by atoms with Crippen molar-refractivity contribution in [1.82, 2.24) is 0 Å². The van der Waals surface area contributed by atoms with Crippen LogP contribution in [0.4, 0.5) is 0 Å². The van der Waals surface area contributed by atoms with Crippen LogP contribution in [-0.4, -0.2) is 47.4 Å². The summed E-state index contributed by atoms with van der Waals surface area (Å²) in [5.74, 6) is 2.90. The van der Waals surface area contributed by atoms with E-state index in [9.17, 15) is 4.79 Å². The second-order valence-corrected chi connectivity index (χ2v) is 6.95. The molecule has 0 atom stereocenters. The van der Waals surface area contributed by atoms with Crippen LogP contribution in [0.15, 0.2) is 36.4 Å². The number of benzene rings is 2. The van der Waals surface area contributed by atoms with Crippen LogP contribution < -0.4 is 28.4 Å². The van der Waals surface area contributed by atoms with Gasteiger partial charge in [0.25, 0.3) is 0 Å². The van der Waals surface area contributed by atoms with E-state index in [0.717, 1.165) is 11.1 Å². The van der Waals surface area contributed by atoms with Gasteiger partial charge in [-0.05, 0) is 61.4 Å². The molecular formula is C25H30O7. The van der Waals surface area contributed by atoms with Gasteiger partial charge in [0.2, 0.25) is 11.5 Å². The lowest BCUT2D eigenvalue weighted by atomic mass is 10.1. The second-order valence-electron chi connectivity index (χ2n) is 6.95. The van der Waals surface area contributed by atoms with Crippen molar-refractivity contribution < 1.29 is 33.2 Å². The van der Waals surface area contributed by atoms with E-state index in [-0.39, 0.29) is 11.9 Å². The summed E-state index contributed by atoms with van der Waals surface area (Å²) in [4.78, 5) is 12.4. The molecule has 0 aromatic heterocycles. The highest BCUT2D eigenvalue weighted by Gasteiger charge is 2.15. The monoisotopic (exact) mass is 442 g/mol. The minimum atomic E-state index is -0.195. The molecule has 0 amide bonds. The Morgan fingerprint density at radius 3 is 1.34 bits per heavy atom. The standard InChI is InChI=1S/C25H30O7/c1-16(2)32-25-22(29-5)14-18(15-23(25)30-6)9-11-19(26)10-8-17-12-20(27-3)24(31-7)21(13-17)28-4/h8-16H,1-7H3/b10-8+,11-9+. The summed E-state index contributed by atoms with van der Waals surface area (Å²) in [5.41, 5.74) is 1.48. The Labute approximate surface area is 189 Å². The van der Waals surface area contributed by atoms with E-state index in [1.54, 1.807) is 64.9 Å². The maximum Gasteiger partial charge on any atom is 0.203 e. The Bertz CT molecular complexity index is 940. The Balaban J connectivity index is 2.24. The summed E-state index contributed by atoms with van der Waals surface area (Å²) >= 11 is 0. The number of allylic oxidation sites excluding steroid dienone is 2. The maximum atomic E-state index is 12.4. The van der Waals surface area contributed by atoms with Crippen molar-refractivity contribution in [2.24, 2.45) is 0 Å². The summed E-state index contributed by atoms with van der Waals surface area (Å²) in [6.45, 7) is 3.84. The predicted molar refractivity (Wildman–Crippen MR) is 124 cm³/mol. The van der Waals surface area contributed by atoms with Gasteiger partial charge in [-0.1, -0.05) is 12.2 Å². The Morgan fingerprint density at radius 1 is 0.656 bits per heavy atom. The summed E-state index contributed by atoms with van der Waals surface area (Å²) in [7, 11) is 7.73. The lowest BCUT2D eigenvalue weighted by molar-refractivity contribution is -0.110. The minimum Gasteiger partial charge on any atom is -0.493 e. The van der Waals surface area contributed by atoms with Crippen LogP contribution >= 0.6 is 0 Å². The fourth-order valence-electron chi connectivity index (χ4n) is 2.96. The highest BCUT2D eigenvalue weighted by molar-refractivity contribution is 6.04. The molecule has 7 nitrogen and oxygen atoms in total. The average molecular weight is 443 g/mol. The molecule has 0 radical (unpaired) electrons. The van der Waals surface area contributed by atoms with Gasteiger partial charge in [-0.2, -0.15) is 0 Å². The van der Waals surface area contributed by atoms with Crippen molar-refractivity contribution in [1.29, 1.82) is 0 Å². The first-order valence-electron chi connectivity index (χ1n) is 9.99. The van der Waals surface area contributed by atoms with Crippen LogP contribution in [0.3, 0.4) is 0 Å². The molecule has 172 valence electrons. The molecule has 32 heavy (non-hydrogen) atoms. The molecule has 2 rings (SSSR count). The van der Waals surface area contributed by atoms with E-state index >= 15 is 0 Å². The lowest BCUT2D eigenvalue weighted by Gasteiger charge is -2.17. The number of rotatable bonds is 11. The van der Waals surface area contributed by atoms with Crippen molar-refractivity contribution in [3.8, 4) is 34.5 Å². The van der Waals surface area contributed by atoms with Crippen LogP contribution in [0.1, 0.15) is 25.0 Å². The number of carbonyl (C=O) groups excluding carboxylic acids is 1. The third-order valence-electron chi connectivity index (χ3n) is 4.40. The van der Waals surface area contributed by atoms with Crippen molar-refractivity contribution in [3.05, 3.63) is 47.5 Å². The van der Waals surface area contributed by atoms with E-state index in [0.29, 0.717) is 34.5 Å². The summed E-state index contributed by atoms with van der Waals surface area (Å²) in [6.07, 6.45) is 6.25. The quantitative estimate of drug-likeness (QED) is 0.462. The minimum absolute atomic E-state index is 0.0406. The van der Waals surface area contributed by atoms with Gasteiger partial charge in [0.1, 0.15) is 0 Å². The molecule has 0 heterocycles. The number of methoxy groups -OCH3 is 5. The van der Waals surface area contributed by atoms with Gasteiger partial charge >= 0.3 is 0 Å². The SMILES string of the molecule is COc1cc(/C=C/C(=O)/C=C/c2cc(OC)c(OC(C)C)c(OC)c2)cc(OC)c1OC. The molecule has 0 aliphatic heterocycles. The Morgan fingerprint density at radius 2 is 1.03 bits per heavy atom. The fourth-order valence-corrected chi connectivity index (χ4v) is 2.96. The fraction of sp³-hybridized carbons (Fsp3) is 0.320. The molecule has 0 aliphatic carbocycles. The van der Waals surface area contributed by atoms with Crippen molar-refractivity contribution in [3.63, 3.8) is 0 Å².